The molecule has 1 amide bonds. The zero-order valence-electron chi connectivity index (χ0n) is 23.2. The number of rotatable bonds is 11. The molecule has 0 bridgehead atoms. The normalized spacial score (nSPS) is 13.9. The van der Waals surface area contributed by atoms with E-state index in [1.807, 2.05) is 6.07 Å². The molecule has 0 aliphatic rings. The maximum Gasteiger partial charge on any atom is 0.424 e. The Morgan fingerprint density at radius 3 is 2.33 bits per heavy atom. The zero-order chi connectivity index (χ0) is 31.3. The van der Waals surface area contributed by atoms with Gasteiger partial charge in [-0.1, -0.05) is 12.1 Å². The first-order chi connectivity index (χ1) is 19.6. The Labute approximate surface area is 246 Å². The van der Waals surface area contributed by atoms with Crippen LogP contribution in [0.25, 0.3) is 11.3 Å². The third kappa shape index (κ3) is 7.30. The molecule has 0 unspecified atom stereocenters. The highest BCUT2D eigenvalue weighted by atomic mass is 35.5. The molecule has 2 aromatic carbocycles. The Kier molecular flexibility index (Phi) is 10.1. The summed E-state index contributed by atoms with van der Waals surface area (Å²) >= 11 is 5.88. The van der Waals surface area contributed by atoms with E-state index in [0.717, 1.165) is 6.07 Å². The number of alkyl halides is 3. The number of ether oxygens (including phenoxy) is 2. The first kappa shape index (κ1) is 32.6. The molecule has 42 heavy (non-hydrogen) atoms. The molecule has 0 aliphatic heterocycles. The van der Waals surface area contributed by atoms with Crippen molar-refractivity contribution < 1.29 is 37.7 Å². The Bertz CT molecular complexity index is 1460. The van der Waals surface area contributed by atoms with Crippen LogP contribution in [0.2, 0.25) is 0 Å². The Balaban J connectivity index is 2.02. The summed E-state index contributed by atoms with van der Waals surface area (Å²) in [5, 5.41) is 31.8. The lowest BCUT2D eigenvalue weighted by Gasteiger charge is -2.32. The summed E-state index contributed by atoms with van der Waals surface area (Å²) in [6.07, 6.45) is -6.03. The predicted octanol–water partition coefficient (Wildman–Crippen LogP) is 4.55. The predicted molar refractivity (Wildman–Crippen MR) is 149 cm³/mol. The summed E-state index contributed by atoms with van der Waals surface area (Å²) in [7, 11) is 1.32. The number of nitrogens with zero attached hydrogens (tertiary/aromatic N) is 2. The molecule has 13 heteroatoms. The summed E-state index contributed by atoms with van der Waals surface area (Å²) in [6, 6.07) is 14.5. The minimum atomic E-state index is -5.26. The molecular weight excluding hydrogens is 577 g/mol. The van der Waals surface area contributed by atoms with Gasteiger partial charge in [0.2, 0.25) is 5.60 Å². The quantitative estimate of drug-likeness (QED) is 0.234. The molecule has 1 heterocycles. The largest absolute Gasteiger partial charge is 0.493 e. The van der Waals surface area contributed by atoms with Gasteiger partial charge in [-0.05, 0) is 80.6 Å². The van der Waals surface area contributed by atoms with E-state index in [1.165, 1.54) is 62.6 Å². The van der Waals surface area contributed by atoms with Gasteiger partial charge >= 0.3 is 6.18 Å². The van der Waals surface area contributed by atoms with E-state index in [9.17, 15) is 28.2 Å². The van der Waals surface area contributed by atoms with Gasteiger partial charge in [0.15, 0.2) is 11.5 Å². The highest BCUT2D eigenvalue weighted by Crippen LogP contribution is 2.40. The van der Waals surface area contributed by atoms with Crippen LogP contribution >= 0.6 is 11.8 Å². The number of nitrogens with one attached hydrogen (secondary N) is 2. The maximum atomic E-state index is 14.5. The van der Waals surface area contributed by atoms with Crippen molar-refractivity contribution in [3.8, 4) is 28.8 Å². The van der Waals surface area contributed by atoms with Gasteiger partial charge in [0.1, 0.15) is 6.61 Å². The lowest BCUT2D eigenvalue weighted by Crippen LogP contribution is -2.51. The van der Waals surface area contributed by atoms with E-state index in [2.05, 4.69) is 15.1 Å². The van der Waals surface area contributed by atoms with Crippen molar-refractivity contribution in [3.63, 3.8) is 0 Å². The van der Waals surface area contributed by atoms with Crippen molar-refractivity contribution in [1.82, 2.24) is 15.1 Å². The Morgan fingerprint density at radius 1 is 1.12 bits per heavy atom. The number of nitriles is 1. The number of carbonyl (C=O) groups is 1. The van der Waals surface area contributed by atoms with Crippen molar-refractivity contribution in [1.29, 1.82) is 5.26 Å². The number of aromatic nitrogens is 1. The zero-order valence-corrected chi connectivity index (χ0v) is 24.0. The second-order valence-corrected chi connectivity index (χ2v) is 10.3. The number of carbonyl (C=O) groups excluding carboxylic acids is 1. The molecule has 224 valence electrons. The highest BCUT2D eigenvalue weighted by molar-refractivity contribution is 6.13. The van der Waals surface area contributed by atoms with Crippen LogP contribution in [-0.2, 0) is 11.1 Å². The van der Waals surface area contributed by atoms with Crippen molar-refractivity contribution in [3.05, 3.63) is 77.0 Å². The van der Waals surface area contributed by atoms with Gasteiger partial charge in [-0.2, -0.15) is 18.4 Å². The van der Waals surface area contributed by atoms with Crippen LogP contribution < -0.4 is 19.6 Å². The molecule has 0 saturated heterocycles. The summed E-state index contributed by atoms with van der Waals surface area (Å²) in [6.45, 7) is 3.44. The smallest absolute Gasteiger partial charge is 0.424 e. The molecule has 0 saturated carbocycles. The number of pyridine rings is 1. The second-order valence-electron chi connectivity index (χ2n) is 10.1. The number of aliphatic hydroxyl groups excluding tert-OH is 1. The summed E-state index contributed by atoms with van der Waals surface area (Å²) in [4.78, 5) is 19.6. The van der Waals surface area contributed by atoms with E-state index in [4.69, 9.17) is 26.5 Å². The first-order valence-corrected chi connectivity index (χ1v) is 13.0. The number of benzene rings is 2. The highest BCUT2D eigenvalue weighted by Gasteiger charge is 2.56. The average Bonchev–Trinajstić information content (AvgIpc) is 2.97. The SMILES string of the molecule is COc1cc(C(=O)NC[C@@](O)(c2cc(C(C)(C)NCl)cc(-c3ccc(C#N)cc3)n2)C(F)(F)F)ccc1OC[C@@H](C)O. The standard InChI is InChI=1S/C29H30ClF3N4O5/c1-17(38)15-42-23-10-9-20(11-24(23)41-4)26(39)35-16-28(40,29(31,32)33)25-13-21(27(2,3)37-30)12-22(36-25)19-7-5-18(14-34)6-8-19/h5-13,17,37-38,40H,15-16H2,1-4H3,(H,35,39)/t17-,28-/m1/s1. The Morgan fingerprint density at radius 2 is 1.79 bits per heavy atom. The van der Waals surface area contributed by atoms with Gasteiger partial charge in [-0.15, -0.1) is 0 Å². The maximum absolute atomic E-state index is 14.5. The lowest BCUT2D eigenvalue weighted by atomic mass is 9.89. The molecule has 4 N–H and O–H groups in total. The third-order valence-electron chi connectivity index (χ3n) is 6.40. The van der Waals surface area contributed by atoms with Gasteiger partial charge in [-0.25, -0.2) is 9.82 Å². The second kappa shape index (κ2) is 13.0. The molecule has 2 atom stereocenters. The average molecular weight is 607 g/mol. The number of methoxy groups -OCH3 is 1. The number of amides is 1. The summed E-state index contributed by atoms with van der Waals surface area (Å²) < 4.78 is 54.2. The monoisotopic (exact) mass is 606 g/mol. The molecule has 1 aromatic heterocycles. The van der Waals surface area contributed by atoms with Crippen LogP contribution in [0.5, 0.6) is 11.5 Å². The molecular formula is C29H30ClF3N4O5. The van der Waals surface area contributed by atoms with Crippen molar-refractivity contribution in [2.24, 2.45) is 0 Å². The fraction of sp³-hybridized carbons (Fsp3) is 0.345. The molecule has 3 aromatic rings. The van der Waals surface area contributed by atoms with Crippen LogP contribution in [-0.4, -0.2) is 53.6 Å². The summed E-state index contributed by atoms with van der Waals surface area (Å²) in [5.41, 5.74) is -4.41. The molecule has 0 spiro atoms. The van der Waals surface area contributed by atoms with Crippen molar-refractivity contribution in [2.75, 3.05) is 20.3 Å². The van der Waals surface area contributed by atoms with E-state index in [1.54, 1.807) is 13.8 Å². The fourth-order valence-corrected chi connectivity index (χ4v) is 3.92. The molecule has 9 nitrogen and oxygen atoms in total. The van der Waals surface area contributed by atoms with E-state index in [0.29, 0.717) is 11.1 Å². The lowest BCUT2D eigenvalue weighted by molar-refractivity contribution is -0.265. The molecule has 0 fully saturated rings. The van der Waals surface area contributed by atoms with E-state index < -0.39 is 41.6 Å². The van der Waals surface area contributed by atoms with Crippen molar-refractivity contribution in [2.45, 2.75) is 44.2 Å². The first-order valence-electron chi connectivity index (χ1n) is 12.6. The molecule has 0 aliphatic carbocycles. The van der Waals surface area contributed by atoms with Crippen LogP contribution in [0.15, 0.2) is 54.6 Å². The van der Waals surface area contributed by atoms with Crippen LogP contribution in [0, 0.1) is 11.3 Å². The van der Waals surface area contributed by atoms with Gasteiger partial charge in [0.05, 0.1) is 48.3 Å². The van der Waals surface area contributed by atoms with Crippen LogP contribution in [0.4, 0.5) is 13.2 Å². The number of hydrogen-bond donors (Lipinski definition) is 4. The number of hydrogen-bond acceptors (Lipinski definition) is 8. The molecule has 0 radical (unpaired) electrons. The van der Waals surface area contributed by atoms with Crippen molar-refractivity contribution >= 4 is 17.7 Å². The number of halogens is 4. The fourth-order valence-electron chi connectivity index (χ4n) is 3.81. The third-order valence-corrected chi connectivity index (χ3v) is 6.87. The molecule has 3 rings (SSSR count). The van der Waals surface area contributed by atoms with Gasteiger partial charge < -0.3 is 25.0 Å². The minimum Gasteiger partial charge on any atom is -0.493 e. The van der Waals surface area contributed by atoms with Crippen LogP contribution in [0.3, 0.4) is 0 Å². The number of aliphatic hydroxyl groups is 2. The topological polar surface area (TPSA) is 137 Å². The van der Waals surface area contributed by atoms with E-state index in [-0.39, 0.29) is 34.9 Å². The minimum absolute atomic E-state index is 0.0485. The van der Waals surface area contributed by atoms with Gasteiger partial charge in [0, 0.05) is 11.1 Å². The van der Waals surface area contributed by atoms with Crippen LogP contribution in [0.1, 0.15) is 48.0 Å². The summed E-state index contributed by atoms with van der Waals surface area (Å²) in [5.74, 6) is -0.593. The Hall–Kier alpha value is -3.89. The van der Waals surface area contributed by atoms with Gasteiger partial charge in [-0.3, -0.25) is 4.79 Å². The van der Waals surface area contributed by atoms with E-state index >= 15 is 0 Å². The van der Waals surface area contributed by atoms with Gasteiger partial charge in [0.25, 0.3) is 5.91 Å².